The third-order valence-corrected chi connectivity index (χ3v) is 1.64. The van der Waals surface area contributed by atoms with E-state index in [0.717, 1.165) is 0 Å². The Bertz CT molecular complexity index is 79.1. The maximum atomic E-state index is 9.88. The summed E-state index contributed by atoms with van der Waals surface area (Å²) in [6.07, 6.45) is 0.896. The number of hydrogen-bond donors (Lipinski definition) is 0. The lowest BCUT2D eigenvalue weighted by Crippen LogP contribution is -2.01. The van der Waals surface area contributed by atoms with Crippen molar-refractivity contribution < 1.29 is 4.57 Å². The predicted molar refractivity (Wildman–Crippen MR) is 40.2 cm³/mol. The maximum Gasteiger partial charge on any atom is 0.191 e. The lowest BCUT2D eigenvalue weighted by molar-refractivity contribution is 0.597. The number of rotatable bonds is 2. The topological polar surface area (TPSA) is 17.1 Å². The average molecular weight is 195 g/mol. The highest BCUT2D eigenvalue weighted by Gasteiger charge is 2.17. The second-order valence-corrected chi connectivity index (χ2v) is 4.75. The minimum atomic E-state index is -1.21. The van der Waals surface area contributed by atoms with E-state index in [1.807, 2.05) is 0 Å². The Labute approximate surface area is 64.5 Å². The molecule has 1 unspecified atom stereocenters. The minimum absolute atomic E-state index is 0.385. The molecule has 1 atom stereocenters. The van der Waals surface area contributed by atoms with Crippen molar-refractivity contribution >= 4 is 43.3 Å². The SMILES string of the molecule is O=[PH2]CCC(Cl)(Cl)Cl. The second-order valence-electron chi connectivity index (χ2n) is 1.32. The summed E-state index contributed by atoms with van der Waals surface area (Å²) in [7, 11) is -0.771. The van der Waals surface area contributed by atoms with Gasteiger partial charge < -0.3 is 4.57 Å². The van der Waals surface area contributed by atoms with Crippen LogP contribution >= 0.6 is 43.3 Å². The first-order chi connectivity index (χ1) is 3.56. The van der Waals surface area contributed by atoms with E-state index in [-0.39, 0.29) is 0 Å². The highest BCUT2D eigenvalue weighted by Crippen LogP contribution is 2.30. The molecule has 0 aromatic carbocycles. The molecule has 0 spiro atoms. The van der Waals surface area contributed by atoms with E-state index in [9.17, 15) is 4.57 Å². The molecule has 0 bridgehead atoms. The standard InChI is InChI=1S/C3H6Cl3OP/c4-3(5,6)1-2-8-7/h1-2,8H2. The van der Waals surface area contributed by atoms with E-state index in [2.05, 4.69) is 0 Å². The molecule has 0 saturated heterocycles. The van der Waals surface area contributed by atoms with E-state index in [0.29, 0.717) is 12.6 Å². The molecular weight excluding hydrogens is 189 g/mol. The van der Waals surface area contributed by atoms with Crippen LogP contribution in [0.15, 0.2) is 0 Å². The number of alkyl halides is 3. The van der Waals surface area contributed by atoms with Gasteiger partial charge in [-0.2, -0.15) is 0 Å². The third-order valence-electron chi connectivity index (χ3n) is 0.546. The molecule has 0 N–H and O–H groups in total. The molecule has 5 heteroatoms. The summed E-state index contributed by atoms with van der Waals surface area (Å²) in [5.74, 6) is 0. The van der Waals surface area contributed by atoms with Crippen LogP contribution in [0.3, 0.4) is 0 Å². The van der Waals surface area contributed by atoms with Crippen molar-refractivity contribution in [2.45, 2.75) is 10.2 Å². The van der Waals surface area contributed by atoms with E-state index < -0.39 is 12.3 Å². The van der Waals surface area contributed by atoms with Gasteiger partial charge in [0.05, 0.1) is 8.46 Å². The van der Waals surface area contributed by atoms with Crippen LogP contribution in [-0.4, -0.2) is 9.95 Å². The zero-order chi connectivity index (χ0) is 6.62. The molecule has 0 amide bonds. The molecule has 8 heavy (non-hydrogen) atoms. The van der Waals surface area contributed by atoms with Gasteiger partial charge in [0, 0.05) is 12.6 Å². The minimum Gasteiger partial charge on any atom is -0.330 e. The Kier molecular flexibility index (Phi) is 4.55. The molecule has 50 valence electrons. The Hall–Kier alpha value is 1.10. The van der Waals surface area contributed by atoms with Crippen molar-refractivity contribution in [3.63, 3.8) is 0 Å². The smallest absolute Gasteiger partial charge is 0.191 e. The zero-order valence-electron chi connectivity index (χ0n) is 4.03. The van der Waals surface area contributed by atoms with Gasteiger partial charge in [0.25, 0.3) is 0 Å². The van der Waals surface area contributed by atoms with Gasteiger partial charge in [-0.3, -0.25) is 0 Å². The van der Waals surface area contributed by atoms with Gasteiger partial charge in [0.1, 0.15) is 0 Å². The molecular formula is C3H6Cl3OP. The van der Waals surface area contributed by atoms with Gasteiger partial charge in [-0.15, -0.1) is 0 Å². The van der Waals surface area contributed by atoms with Crippen LogP contribution in [0.4, 0.5) is 0 Å². The van der Waals surface area contributed by atoms with Gasteiger partial charge in [-0.05, 0) is 0 Å². The summed E-state index contributed by atoms with van der Waals surface area (Å²) in [6.45, 7) is 0. The van der Waals surface area contributed by atoms with Crippen LogP contribution in [0, 0.1) is 0 Å². The fraction of sp³-hybridized carbons (Fsp3) is 1.00. The lowest BCUT2D eigenvalue weighted by Gasteiger charge is -2.05. The quantitative estimate of drug-likeness (QED) is 0.489. The molecule has 0 rings (SSSR count). The van der Waals surface area contributed by atoms with Crippen LogP contribution in [0.25, 0.3) is 0 Å². The van der Waals surface area contributed by atoms with Crippen molar-refractivity contribution in [3.8, 4) is 0 Å². The predicted octanol–water partition coefficient (Wildman–Crippen LogP) is 2.50. The molecule has 0 heterocycles. The average Bonchev–Trinajstić information content (AvgIpc) is 1.59. The Morgan fingerprint density at radius 1 is 1.38 bits per heavy atom. The molecule has 0 aliphatic carbocycles. The lowest BCUT2D eigenvalue weighted by atomic mass is 10.6. The van der Waals surface area contributed by atoms with Gasteiger partial charge >= 0.3 is 0 Å². The van der Waals surface area contributed by atoms with Crippen LogP contribution in [0.1, 0.15) is 6.42 Å². The van der Waals surface area contributed by atoms with E-state index >= 15 is 0 Å². The largest absolute Gasteiger partial charge is 0.330 e. The molecule has 0 aliphatic rings. The summed E-state index contributed by atoms with van der Waals surface area (Å²) in [6, 6.07) is 0. The van der Waals surface area contributed by atoms with Crippen molar-refractivity contribution in [2.75, 3.05) is 6.16 Å². The number of hydrogen-bond acceptors (Lipinski definition) is 1. The highest BCUT2D eigenvalue weighted by molar-refractivity contribution is 7.23. The van der Waals surface area contributed by atoms with Gasteiger partial charge in [0.15, 0.2) is 3.79 Å². The van der Waals surface area contributed by atoms with E-state index in [4.69, 9.17) is 34.8 Å². The first-order valence-electron chi connectivity index (χ1n) is 2.06. The van der Waals surface area contributed by atoms with Gasteiger partial charge in [-0.1, -0.05) is 34.8 Å². The highest BCUT2D eigenvalue weighted by atomic mass is 35.6. The fourth-order valence-electron chi connectivity index (χ4n) is 0.223. The maximum absolute atomic E-state index is 9.88. The van der Waals surface area contributed by atoms with Crippen LogP contribution in [0.2, 0.25) is 0 Å². The summed E-state index contributed by atoms with van der Waals surface area (Å²) in [5, 5.41) is 0. The molecule has 0 aromatic heterocycles. The molecule has 0 fully saturated rings. The monoisotopic (exact) mass is 194 g/mol. The molecule has 0 radical (unpaired) electrons. The first kappa shape index (κ1) is 9.10. The summed E-state index contributed by atoms with van der Waals surface area (Å²) < 4.78 is 8.67. The van der Waals surface area contributed by atoms with Gasteiger partial charge in [-0.25, -0.2) is 0 Å². The molecule has 0 aliphatic heterocycles. The van der Waals surface area contributed by atoms with Crippen molar-refractivity contribution in [2.24, 2.45) is 0 Å². The third kappa shape index (κ3) is 7.10. The summed E-state index contributed by atoms with van der Waals surface area (Å²) in [5.41, 5.74) is 0. The van der Waals surface area contributed by atoms with E-state index in [1.54, 1.807) is 0 Å². The fourth-order valence-corrected chi connectivity index (χ4v) is 1.65. The Morgan fingerprint density at radius 3 is 2.00 bits per heavy atom. The van der Waals surface area contributed by atoms with Crippen LogP contribution in [-0.2, 0) is 4.57 Å². The number of halogens is 3. The second kappa shape index (κ2) is 4.00. The van der Waals surface area contributed by atoms with E-state index in [1.165, 1.54) is 0 Å². The van der Waals surface area contributed by atoms with Crippen molar-refractivity contribution in [1.29, 1.82) is 0 Å². The van der Waals surface area contributed by atoms with Crippen molar-refractivity contribution in [1.82, 2.24) is 0 Å². The van der Waals surface area contributed by atoms with Crippen molar-refractivity contribution in [3.05, 3.63) is 0 Å². The Morgan fingerprint density at radius 2 is 1.88 bits per heavy atom. The summed E-state index contributed by atoms with van der Waals surface area (Å²) >= 11 is 16.0. The molecule has 0 aromatic rings. The summed E-state index contributed by atoms with van der Waals surface area (Å²) in [4.78, 5) is 0. The zero-order valence-corrected chi connectivity index (χ0v) is 7.46. The first-order valence-corrected chi connectivity index (χ1v) is 4.49. The molecule has 1 nitrogen and oxygen atoms in total. The van der Waals surface area contributed by atoms with Crippen LogP contribution in [0.5, 0.6) is 0 Å². The van der Waals surface area contributed by atoms with Gasteiger partial charge in [0.2, 0.25) is 0 Å². The Balaban J connectivity index is 3.24. The van der Waals surface area contributed by atoms with Crippen LogP contribution < -0.4 is 0 Å². The normalized spacial score (nSPS) is 13.4. The molecule has 0 saturated carbocycles.